The molecule has 0 radical (unpaired) electrons. The number of carboxylic acids is 1. The van der Waals surface area contributed by atoms with Crippen LogP contribution in [0.5, 0.6) is 5.75 Å². The van der Waals surface area contributed by atoms with E-state index in [0.717, 1.165) is 25.9 Å². The maximum Gasteiger partial charge on any atom is 0.354 e. The molecule has 2 N–H and O–H groups in total. The molecule has 1 aromatic heterocycles. The molecule has 26 heavy (non-hydrogen) atoms. The maximum absolute atomic E-state index is 12.4. The second-order valence-electron chi connectivity index (χ2n) is 5.96. The number of anilines is 1. The number of nitrogens with zero attached hydrogens (tertiary/aromatic N) is 1. The number of hydrogen-bond acceptors (Lipinski definition) is 5. The van der Waals surface area contributed by atoms with Crippen molar-refractivity contribution in [1.82, 2.24) is 4.98 Å². The van der Waals surface area contributed by atoms with Gasteiger partial charge in [-0.15, -0.1) is 0 Å². The molecule has 1 atom stereocenters. The number of carboxylic acid groups (broad SMARTS) is 1. The van der Waals surface area contributed by atoms with Crippen molar-refractivity contribution in [2.24, 2.45) is 0 Å². The molecule has 7 heteroatoms. The van der Waals surface area contributed by atoms with E-state index in [9.17, 15) is 9.59 Å². The highest BCUT2D eigenvalue weighted by atomic mass is 16.5. The van der Waals surface area contributed by atoms with E-state index in [1.54, 1.807) is 18.2 Å². The fraction of sp³-hybridized carbons (Fsp3) is 0.316. The van der Waals surface area contributed by atoms with Crippen molar-refractivity contribution >= 4 is 17.6 Å². The average Bonchev–Trinajstić information content (AvgIpc) is 2.68. The van der Waals surface area contributed by atoms with Gasteiger partial charge in [0.05, 0.1) is 11.8 Å². The molecule has 3 rings (SSSR count). The standard InChI is InChI=1S/C19H20N2O5/c22-18(15-8-5-9-16(20-15)19(23)24)21-14-7-1-2-10-17(14)26-12-13-6-3-4-11-25-13/h1-2,5,7-10,13H,3-4,6,11-12H2,(H,21,22)(H,23,24). The molecule has 0 bridgehead atoms. The van der Waals surface area contributed by atoms with Crippen LogP contribution in [0, 0.1) is 0 Å². The maximum atomic E-state index is 12.4. The summed E-state index contributed by atoms with van der Waals surface area (Å²) in [7, 11) is 0. The zero-order valence-corrected chi connectivity index (χ0v) is 14.2. The van der Waals surface area contributed by atoms with E-state index in [0.29, 0.717) is 18.0 Å². The molecule has 0 spiro atoms. The van der Waals surface area contributed by atoms with E-state index >= 15 is 0 Å². The molecule has 1 saturated heterocycles. The fourth-order valence-corrected chi connectivity index (χ4v) is 2.68. The minimum atomic E-state index is -1.18. The molecule has 1 aromatic carbocycles. The second-order valence-corrected chi connectivity index (χ2v) is 5.96. The van der Waals surface area contributed by atoms with Crippen LogP contribution >= 0.6 is 0 Å². The number of benzene rings is 1. The summed E-state index contributed by atoms with van der Waals surface area (Å²) in [6.45, 7) is 1.16. The van der Waals surface area contributed by atoms with Crippen molar-refractivity contribution in [2.75, 3.05) is 18.5 Å². The number of hydrogen-bond donors (Lipinski definition) is 2. The van der Waals surface area contributed by atoms with Crippen molar-refractivity contribution in [2.45, 2.75) is 25.4 Å². The molecule has 1 aliphatic heterocycles. The number of nitrogens with one attached hydrogen (secondary N) is 1. The molecule has 2 aromatic rings. The van der Waals surface area contributed by atoms with Gasteiger partial charge >= 0.3 is 5.97 Å². The Labute approximate surface area is 151 Å². The number of aromatic nitrogens is 1. The molecule has 1 fully saturated rings. The third-order valence-corrected chi connectivity index (χ3v) is 4.03. The highest BCUT2D eigenvalue weighted by Crippen LogP contribution is 2.25. The van der Waals surface area contributed by atoms with E-state index in [2.05, 4.69) is 10.3 Å². The first kappa shape index (κ1) is 17.9. The summed E-state index contributed by atoms with van der Waals surface area (Å²) in [5.74, 6) is -1.15. The number of amides is 1. The van der Waals surface area contributed by atoms with E-state index in [1.807, 2.05) is 6.07 Å². The predicted molar refractivity (Wildman–Crippen MR) is 94.7 cm³/mol. The Bertz CT molecular complexity index is 787. The normalized spacial score (nSPS) is 16.7. The van der Waals surface area contributed by atoms with Gasteiger partial charge < -0.3 is 19.9 Å². The topological polar surface area (TPSA) is 97.8 Å². The van der Waals surface area contributed by atoms with Crippen LogP contribution in [-0.2, 0) is 4.74 Å². The summed E-state index contributed by atoms with van der Waals surface area (Å²) in [6, 6.07) is 11.3. The first-order chi connectivity index (χ1) is 12.6. The lowest BCUT2D eigenvalue weighted by Gasteiger charge is -2.23. The Morgan fingerprint density at radius 1 is 1.15 bits per heavy atom. The summed E-state index contributed by atoms with van der Waals surface area (Å²) in [6.07, 6.45) is 3.21. The van der Waals surface area contributed by atoms with Gasteiger partial charge in [-0.25, -0.2) is 9.78 Å². The van der Waals surface area contributed by atoms with Gasteiger partial charge in [0.1, 0.15) is 23.7 Å². The van der Waals surface area contributed by atoms with Crippen LogP contribution in [0.3, 0.4) is 0 Å². The Morgan fingerprint density at radius 3 is 2.73 bits per heavy atom. The minimum Gasteiger partial charge on any atom is -0.489 e. The smallest absolute Gasteiger partial charge is 0.354 e. The largest absolute Gasteiger partial charge is 0.489 e. The van der Waals surface area contributed by atoms with Gasteiger partial charge in [0.25, 0.3) is 5.91 Å². The summed E-state index contributed by atoms with van der Waals surface area (Å²) in [4.78, 5) is 27.2. The van der Waals surface area contributed by atoms with Gasteiger partial charge in [-0.3, -0.25) is 4.79 Å². The van der Waals surface area contributed by atoms with Crippen LogP contribution < -0.4 is 10.1 Å². The summed E-state index contributed by atoms with van der Waals surface area (Å²) < 4.78 is 11.5. The lowest BCUT2D eigenvalue weighted by molar-refractivity contribution is -0.0109. The molecular weight excluding hydrogens is 336 g/mol. The van der Waals surface area contributed by atoms with Crippen molar-refractivity contribution in [3.63, 3.8) is 0 Å². The van der Waals surface area contributed by atoms with Gasteiger partial charge in [0.2, 0.25) is 0 Å². The van der Waals surface area contributed by atoms with Crippen LogP contribution in [0.25, 0.3) is 0 Å². The monoisotopic (exact) mass is 356 g/mol. The van der Waals surface area contributed by atoms with Crippen molar-refractivity contribution in [1.29, 1.82) is 0 Å². The first-order valence-electron chi connectivity index (χ1n) is 8.48. The molecule has 1 aliphatic rings. The van der Waals surface area contributed by atoms with Crippen LogP contribution in [-0.4, -0.2) is 41.3 Å². The summed E-state index contributed by atoms with van der Waals surface area (Å²) in [5.41, 5.74) is 0.336. The number of carbonyl (C=O) groups excluding carboxylic acids is 1. The third-order valence-electron chi connectivity index (χ3n) is 4.03. The predicted octanol–water partition coefficient (Wildman–Crippen LogP) is 2.98. The zero-order chi connectivity index (χ0) is 18.4. The second kappa shape index (κ2) is 8.44. The van der Waals surface area contributed by atoms with Gasteiger partial charge in [-0.1, -0.05) is 18.2 Å². The summed E-state index contributed by atoms with van der Waals surface area (Å²) in [5, 5.41) is 11.7. The quantitative estimate of drug-likeness (QED) is 0.826. The van der Waals surface area contributed by atoms with Crippen molar-refractivity contribution in [3.8, 4) is 5.75 Å². The Balaban J connectivity index is 1.68. The van der Waals surface area contributed by atoms with Crippen LogP contribution in [0.1, 0.15) is 40.2 Å². The molecule has 136 valence electrons. The fourth-order valence-electron chi connectivity index (χ4n) is 2.68. The van der Waals surface area contributed by atoms with E-state index in [4.69, 9.17) is 14.6 Å². The van der Waals surface area contributed by atoms with Gasteiger partial charge in [0, 0.05) is 6.61 Å². The van der Waals surface area contributed by atoms with E-state index in [-0.39, 0.29) is 17.5 Å². The molecule has 1 amide bonds. The van der Waals surface area contributed by atoms with Crippen LogP contribution in [0.4, 0.5) is 5.69 Å². The lowest BCUT2D eigenvalue weighted by atomic mass is 10.1. The third kappa shape index (κ3) is 4.58. The summed E-state index contributed by atoms with van der Waals surface area (Å²) >= 11 is 0. The number of carbonyl (C=O) groups is 2. The zero-order valence-electron chi connectivity index (χ0n) is 14.2. The molecule has 7 nitrogen and oxygen atoms in total. The van der Waals surface area contributed by atoms with Gasteiger partial charge in [0.15, 0.2) is 0 Å². The van der Waals surface area contributed by atoms with Crippen molar-refractivity contribution in [3.05, 3.63) is 53.9 Å². The highest BCUT2D eigenvalue weighted by Gasteiger charge is 2.17. The number of aromatic carboxylic acids is 1. The van der Waals surface area contributed by atoms with Gasteiger partial charge in [-0.2, -0.15) is 0 Å². The Kier molecular flexibility index (Phi) is 5.80. The number of pyridine rings is 1. The molecule has 2 heterocycles. The SMILES string of the molecule is O=C(O)c1cccc(C(=O)Nc2ccccc2OCC2CCCCO2)n1. The van der Waals surface area contributed by atoms with E-state index in [1.165, 1.54) is 18.2 Å². The molecule has 1 unspecified atom stereocenters. The van der Waals surface area contributed by atoms with E-state index < -0.39 is 11.9 Å². The van der Waals surface area contributed by atoms with Crippen LogP contribution in [0.15, 0.2) is 42.5 Å². The van der Waals surface area contributed by atoms with Gasteiger partial charge in [-0.05, 0) is 43.5 Å². The number of para-hydroxylation sites is 2. The molecule has 0 saturated carbocycles. The van der Waals surface area contributed by atoms with Crippen LogP contribution in [0.2, 0.25) is 0 Å². The number of rotatable bonds is 6. The molecule has 0 aliphatic carbocycles. The Hall–Kier alpha value is -2.93. The Morgan fingerprint density at radius 2 is 1.96 bits per heavy atom. The minimum absolute atomic E-state index is 0.0234. The average molecular weight is 356 g/mol. The number of ether oxygens (including phenoxy) is 2. The highest BCUT2D eigenvalue weighted by molar-refractivity contribution is 6.04. The lowest BCUT2D eigenvalue weighted by Crippen LogP contribution is -2.26. The van der Waals surface area contributed by atoms with Crippen molar-refractivity contribution < 1.29 is 24.2 Å². The first-order valence-corrected chi connectivity index (χ1v) is 8.48. The molecular formula is C19H20N2O5.